The second-order valence-corrected chi connectivity index (χ2v) is 7.07. The molecule has 1 heterocycles. The average Bonchev–Trinajstić information content (AvgIpc) is 2.90. The lowest BCUT2D eigenvalue weighted by atomic mass is 10.1. The molecule has 0 radical (unpaired) electrons. The maximum absolute atomic E-state index is 12.2. The third-order valence-electron chi connectivity index (χ3n) is 4.10. The first-order valence-corrected chi connectivity index (χ1v) is 9.12. The van der Waals surface area contributed by atoms with Crippen molar-refractivity contribution in [2.45, 2.75) is 38.7 Å². The van der Waals surface area contributed by atoms with E-state index in [1.807, 2.05) is 6.07 Å². The molecule has 0 spiro atoms. The fourth-order valence-corrected chi connectivity index (χ4v) is 3.96. The Balaban J connectivity index is 1.56. The number of hydrazine groups is 1. The van der Waals surface area contributed by atoms with Gasteiger partial charge in [0.15, 0.2) is 0 Å². The molecule has 0 unspecified atom stereocenters. The van der Waals surface area contributed by atoms with Gasteiger partial charge in [-0.2, -0.15) is 8.78 Å². The van der Waals surface area contributed by atoms with Gasteiger partial charge in [-0.05, 0) is 61.6 Å². The second kappa shape index (κ2) is 8.27. The van der Waals surface area contributed by atoms with Crippen LogP contribution >= 0.6 is 11.3 Å². The van der Waals surface area contributed by atoms with Crippen molar-refractivity contribution in [3.05, 3.63) is 51.2 Å². The number of halogens is 2. The minimum absolute atomic E-state index is 0.0410. The molecule has 26 heavy (non-hydrogen) atoms. The minimum Gasteiger partial charge on any atom is -0.435 e. The number of benzene rings is 1. The van der Waals surface area contributed by atoms with E-state index < -0.39 is 12.5 Å². The zero-order valence-electron chi connectivity index (χ0n) is 13.9. The number of hydrogen-bond donors (Lipinski definition) is 2. The molecule has 1 aromatic heterocycles. The summed E-state index contributed by atoms with van der Waals surface area (Å²) in [6.45, 7) is -2.92. The Bertz CT molecular complexity index is 767. The Morgan fingerprint density at radius 2 is 1.69 bits per heavy atom. The summed E-state index contributed by atoms with van der Waals surface area (Å²) >= 11 is 1.46. The van der Waals surface area contributed by atoms with Crippen LogP contribution < -0.4 is 15.6 Å². The molecule has 0 fully saturated rings. The molecule has 0 saturated carbocycles. The quantitative estimate of drug-likeness (QED) is 0.628. The second-order valence-electron chi connectivity index (χ2n) is 5.93. The number of carbonyl (C=O) groups is 2. The van der Waals surface area contributed by atoms with Gasteiger partial charge < -0.3 is 4.74 Å². The van der Waals surface area contributed by atoms with E-state index in [0.717, 1.165) is 25.7 Å². The first-order valence-electron chi connectivity index (χ1n) is 8.30. The van der Waals surface area contributed by atoms with Crippen LogP contribution in [0.15, 0.2) is 30.3 Å². The van der Waals surface area contributed by atoms with E-state index in [4.69, 9.17) is 0 Å². The molecular weight excluding hydrogens is 362 g/mol. The fourth-order valence-electron chi connectivity index (χ4n) is 2.81. The third kappa shape index (κ3) is 4.57. The Labute approximate surface area is 153 Å². The van der Waals surface area contributed by atoms with Crippen LogP contribution in [0.5, 0.6) is 5.75 Å². The van der Waals surface area contributed by atoms with Crippen LogP contribution in [0.1, 0.15) is 49.7 Å². The van der Waals surface area contributed by atoms with Gasteiger partial charge in [-0.1, -0.05) is 6.42 Å². The first kappa shape index (κ1) is 18.3. The van der Waals surface area contributed by atoms with Crippen LogP contribution in [-0.2, 0) is 12.8 Å². The van der Waals surface area contributed by atoms with Crippen LogP contribution in [0.3, 0.4) is 0 Å². The van der Waals surface area contributed by atoms with Crippen molar-refractivity contribution in [2.75, 3.05) is 0 Å². The standard InChI is InChI=1S/C18H18F2N2O3S/c19-18(20)25-13-8-6-11(7-9-13)16(23)21-22-17(24)15-10-12-4-2-1-3-5-14(12)26-15/h6-10,18H,1-5H2,(H,21,23)(H,22,24). The molecule has 1 aliphatic rings. The molecule has 0 aliphatic heterocycles. The summed E-state index contributed by atoms with van der Waals surface area (Å²) in [6, 6.07) is 7.10. The van der Waals surface area contributed by atoms with Crippen molar-refractivity contribution >= 4 is 23.2 Å². The van der Waals surface area contributed by atoms with Crippen LogP contribution in [0.25, 0.3) is 0 Å². The molecule has 1 aromatic carbocycles. The van der Waals surface area contributed by atoms with Gasteiger partial charge in [0.2, 0.25) is 0 Å². The van der Waals surface area contributed by atoms with Gasteiger partial charge in [-0.3, -0.25) is 20.4 Å². The minimum atomic E-state index is -2.92. The fraction of sp³-hybridized carbons (Fsp3) is 0.333. The van der Waals surface area contributed by atoms with E-state index in [1.54, 1.807) is 0 Å². The number of ether oxygens (including phenoxy) is 1. The Morgan fingerprint density at radius 3 is 2.42 bits per heavy atom. The van der Waals surface area contributed by atoms with Gasteiger partial charge in [0, 0.05) is 10.4 Å². The molecule has 0 saturated heterocycles. The predicted octanol–water partition coefficient (Wildman–Crippen LogP) is 3.69. The summed E-state index contributed by atoms with van der Waals surface area (Å²) in [4.78, 5) is 26.1. The average molecular weight is 380 g/mol. The monoisotopic (exact) mass is 380 g/mol. The van der Waals surface area contributed by atoms with Crippen molar-refractivity contribution in [1.82, 2.24) is 10.9 Å². The van der Waals surface area contributed by atoms with Gasteiger partial charge >= 0.3 is 6.61 Å². The molecule has 0 bridgehead atoms. The van der Waals surface area contributed by atoms with Gasteiger partial charge in [-0.25, -0.2) is 0 Å². The molecule has 8 heteroatoms. The molecule has 138 valence electrons. The smallest absolute Gasteiger partial charge is 0.387 e. The van der Waals surface area contributed by atoms with E-state index in [0.29, 0.717) is 4.88 Å². The lowest BCUT2D eigenvalue weighted by Crippen LogP contribution is -2.41. The highest BCUT2D eigenvalue weighted by molar-refractivity contribution is 7.14. The van der Waals surface area contributed by atoms with E-state index in [9.17, 15) is 18.4 Å². The highest BCUT2D eigenvalue weighted by atomic mass is 32.1. The molecule has 2 N–H and O–H groups in total. The highest BCUT2D eigenvalue weighted by Gasteiger charge is 2.17. The summed E-state index contributed by atoms with van der Waals surface area (Å²) in [5, 5.41) is 0. The van der Waals surface area contributed by atoms with Gasteiger partial charge in [0.05, 0.1) is 4.88 Å². The maximum Gasteiger partial charge on any atom is 0.387 e. The van der Waals surface area contributed by atoms with Gasteiger partial charge in [-0.15, -0.1) is 11.3 Å². The normalized spacial score (nSPS) is 13.7. The van der Waals surface area contributed by atoms with Crippen molar-refractivity contribution in [3.63, 3.8) is 0 Å². The summed E-state index contributed by atoms with van der Waals surface area (Å²) < 4.78 is 28.4. The van der Waals surface area contributed by atoms with E-state index in [2.05, 4.69) is 15.6 Å². The number of carbonyl (C=O) groups excluding carboxylic acids is 2. The molecule has 1 aliphatic carbocycles. The van der Waals surface area contributed by atoms with E-state index in [-0.39, 0.29) is 17.2 Å². The van der Waals surface area contributed by atoms with Crippen LogP contribution in [0.2, 0.25) is 0 Å². The molecule has 2 aromatic rings. The molecule has 0 atom stereocenters. The van der Waals surface area contributed by atoms with Crippen LogP contribution in [-0.4, -0.2) is 18.4 Å². The molecular formula is C18H18F2N2O3S. The summed E-state index contributed by atoms with van der Waals surface area (Å²) in [7, 11) is 0. The first-order chi connectivity index (χ1) is 12.5. The number of amides is 2. The molecule has 3 rings (SSSR count). The number of hydrogen-bond acceptors (Lipinski definition) is 4. The summed E-state index contributed by atoms with van der Waals surface area (Å²) in [6.07, 6.45) is 5.45. The largest absolute Gasteiger partial charge is 0.435 e. The van der Waals surface area contributed by atoms with Crippen molar-refractivity contribution in [1.29, 1.82) is 0 Å². The molecule has 2 amide bonds. The van der Waals surface area contributed by atoms with Crippen molar-refractivity contribution in [3.8, 4) is 5.75 Å². The van der Waals surface area contributed by atoms with Crippen molar-refractivity contribution in [2.24, 2.45) is 0 Å². The number of rotatable bonds is 4. The lowest BCUT2D eigenvalue weighted by Gasteiger charge is -2.08. The Morgan fingerprint density at radius 1 is 1.00 bits per heavy atom. The zero-order valence-corrected chi connectivity index (χ0v) is 14.7. The number of nitrogens with one attached hydrogen (secondary N) is 2. The van der Waals surface area contributed by atoms with E-state index >= 15 is 0 Å². The Kier molecular flexibility index (Phi) is 5.82. The van der Waals surface area contributed by atoms with Crippen molar-refractivity contribution < 1.29 is 23.1 Å². The zero-order chi connectivity index (χ0) is 18.5. The number of alkyl halides is 2. The van der Waals surface area contributed by atoms with Crippen LogP contribution in [0, 0.1) is 0 Å². The number of thiophene rings is 1. The van der Waals surface area contributed by atoms with Gasteiger partial charge in [0.1, 0.15) is 5.75 Å². The third-order valence-corrected chi connectivity index (χ3v) is 5.34. The topological polar surface area (TPSA) is 67.4 Å². The lowest BCUT2D eigenvalue weighted by molar-refractivity contribution is -0.0498. The number of fused-ring (bicyclic) bond motifs is 1. The Hall–Kier alpha value is -2.48. The summed E-state index contributed by atoms with van der Waals surface area (Å²) in [5.41, 5.74) is 6.16. The van der Waals surface area contributed by atoms with Crippen LogP contribution in [0.4, 0.5) is 8.78 Å². The molecule has 5 nitrogen and oxygen atoms in total. The SMILES string of the molecule is O=C(NNC(=O)c1cc2c(s1)CCCCC2)c1ccc(OC(F)F)cc1. The maximum atomic E-state index is 12.2. The number of aryl methyl sites for hydroxylation is 2. The van der Waals surface area contributed by atoms with E-state index in [1.165, 1.54) is 52.5 Å². The van der Waals surface area contributed by atoms with Gasteiger partial charge in [0.25, 0.3) is 11.8 Å². The predicted molar refractivity (Wildman–Crippen MR) is 93.6 cm³/mol. The summed E-state index contributed by atoms with van der Waals surface area (Å²) in [5.74, 6) is -0.949. The highest BCUT2D eigenvalue weighted by Crippen LogP contribution is 2.28.